The molecule has 0 aliphatic heterocycles. The summed E-state index contributed by atoms with van der Waals surface area (Å²) in [6, 6.07) is 1.11. The van der Waals surface area contributed by atoms with Crippen LogP contribution in [-0.2, 0) is 18.9 Å². The van der Waals surface area contributed by atoms with Crippen molar-refractivity contribution in [1.82, 2.24) is 24.3 Å². The standard InChI is InChI=1S/C11H12N6O5S/c1-16-5(3-7(19)17(2)11(16)22)12-6(18)4-23-9-8(20)13-10(21)15-14-9/h3H,4H2,1-2H3,(H,12,18)(H2,13,15,20,21). The molecule has 0 atom stereocenters. The molecule has 2 aromatic heterocycles. The first kappa shape index (κ1) is 16.5. The van der Waals surface area contributed by atoms with E-state index in [1.165, 1.54) is 14.1 Å². The second kappa shape index (κ2) is 6.48. The molecule has 0 aliphatic carbocycles. The summed E-state index contributed by atoms with van der Waals surface area (Å²) in [5.41, 5.74) is -2.61. The fourth-order valence-electron chi connectivity index (χ4n) is 1.60. The number of thioether (sulfide) groups is 1. The molecule has 2 aromatic rings. The van der Waals surface area contributed by atoms with E-state index in [0.717, 1.165) is 27.0 Å². The molecule has 1 amide bonds. The van der Waals surface area contributed by atoms with E-state index in [0.29, 0.717) is 0 Å². The Balaban J connectivity index is 2.12. The zero-order chi connectivity index (χ0) is 17.1. The van der Waals surface area contributed by atoms with Crippen LogP contribution in [0.5, 0.6) is 0 Å². The number of aromatic nitrogens is 5. The largest absolute Gasteiger partial charge is 0.342 e. The summed E-state index contributed by atoms with van der Waals surface area (Å²) >= 11 is 0.793. The molecule has 0 bridgehead atoms. The van der Waals surface area contributed by atoms with Gasteiger partial charge >= 0.3 is 11.4 Å². The summed E-state index contributed by atoms with van der Waals surface area (Å²) in [5.74, 6) is -0.719. The van der Waals surface area contributed by atoms with Crippen molar-refractivity contribution in [2.75, 3.05) is 11.1 Å². The lowest BCUT2D eigenvalue weighted by atomic mass is 10.5. The van der Waals surface area contributed by atoms with E-state index in [4.69, 9.17) is 0 Å². The Morgan fingerprint density at radius 3 is 2.61 bits per heavy atom. The summed E-state index contributed by atoms with van der Waals surface area (Å²) in [7, 11) is 2.72. The van der Waals surface area contributed by atoms with E-state index in [1.54, 1.807) is 0 Å². The van der Waals surface area contributed by atoms with Gasteiger partial charge in [0.2, 0.25) is 5.91 Å². The molecule has 0 aliphatic rings. The number of nitrogens with one attached hydrogen (secondary N) is 3. The third kappa shape index (κ3) is 3.66. The highest BCUT2D eigenvalue weighted by atomic mass is 32.2. The molecule has 122 valence electrons. The maximum absolute atomic E-state index is 11.9. The van der Waals surface area contributed by atoms with Crippen molar-refractivity contribution in [3.8, 4) is 0 Å². The Bertz CT molecular complexity index is 984. The zero-order valence-corrected chi connectivity index (χ0v) is 12.9. The van der Waals surface area contributed by atoms with Gasteiger partial charge in [0.1, 0.15) is 5.82 Å². The maximum atomic E-state index is 11.9. The Hall–Kier alpha value is -2.89. The molecule has 2 rings (SSSR count). The van der Waals surface area contributed by atoms with Gasteiger partial charge in [0, 0.05) is 20.2 Å². The van der Waals surface area contributed by atoms with Crippen LogP contribution in [0, 0.1) is 0 Å². The van der Waals surface area contributed by atoms with Gasteiger partial charge in [-0.3, -0.25) is 28.5 Å². The third-order valence-electron chi connectivity index (χ3n) is 2.81. The fourth-order valence-corrected chi connectivity index (χ4v) is 2.23. The maximum Gasteiger partial charge on any atom is 0.342 e. The second-order valence-corrected chi connectivity index (χ2v) is 5.38. The first-order valence-electron chi connectivity index (χ1n) is 6.18. The summed E-state index contributed by atoms with van der Waals surface area (Å²) < 4.78 is 2.00. The van der Waals surface area contributed by atoms with Crippen LogP contribution >= 0.6 is 11.8 Å². The lowest BCUT2D eigenvalue weighted by Gasteiger charge is -2.10. The molecule has 3 N–H and O–H groups in total. The summed E-state index contributed by atoms with van der Waals surface area (Å²) in [6.07, 6.45) is 0. The van der Waals surface area contributed by atoms with Crippen LogP contribution in [0.15, 0.2) is 30.3 Å². The molecule has 0 saturated carbocycles. The average molecular weight is 340 g/mol. The van der Waals surface area contributed by atoms with Gasteiger partial charge in [-0.05, 0) is 0 Å². The number of aromatic amines is 2. The summed E-state index contributed by atoms with van der Waals surface area (Å²) in [6.45, 7) is 0. The molecule has 0 fully saturated rings. The summed E-state index contributed by atoms with van der Waals surface area (Å²) in [4.78, 5) is 59.3. The zero-order valence-electron chi connectivity index (χ0n) is 12.1. The second-order valence-electron chi connectivity index (χ2n) is 4.42. The smallest absolute Gasteiger partial charge is 0.311 e. The first-order valence-corrected chi connectivity index (χ1v) is 7.17. The number of rotatable bonds is 4. The number of carbonyl (C=O) groups is 1. The van der Waals surface area contributed by atoms with Gasteiger partial charge in [-0.1, -0.05) is 11.8 Å². The predicted octanol–water partition coefficient (Wildman–Crippen LogP) is -2.41. The Morgan fingerprint density at radius 1 is 1.26 bits per heavy atom. The molecule has 11 nitrogen and oxygen atoms in total. The topological polar surface area (TPSA) is 152 Å². The molecule has 12 heteroatoms. The number of hydrogen-bond donors (Lipinski definition) is 3. The van der Waals surface area contributed by atoms with Crippen LogP contribution < -0.4 is 27.8 Å². The van der Waals surface area contributed by atoms with Crippen LogP contribution in [-0.4, -0.2) is 36.0 Å². The van der Waals surface area contributed by atoms with Gasteiger partial charge in [-0.25, -0.2) is 14.7 Å². The van der Waals surface area contributed by atoms with E-state index in [9.17, 15) is 24.0 Å². The molecule has 2 heterocycles. The van der Waals surface area contributed by atoms with Crippen molar-refractivity contribution in [2.45, 2.75) is 5.03 Å². The quantitative estimate of drug-likeness (QED) is 0.524. The van der Waals surface area contributed by atoms with Gasteiger partial charge in [-0.2, -0.15) is 5.10 Å². The van der Waals surface area contributed by atoms with Gasteiger partial charge in [0.05, 0.1) is 5.75 Å². The van der Waals surface area contributed by atoms with Crippen LogP contribution in [0.2, 0.25) is 0 Å². The first-order chi connectivity index (χ1) is 10.8. The molecule has 23 heavy (non-hydrogen) atoms. The molecular weight excluding hydrogens is 328 g/mol. The average Bonchev–Trinajstić information content (AvgIpc) is 2.49. The lowest BCUT2D eigenvalue weighted by molar-refractivity contribution is -0.113. The van der Waals surface area contributed by atoms with E-state index >= 15 is 0 Å². The van der Waals surface area contributed by atoms with Crippen molar-refractivity contribution >= 4 is 23.5 Å². The number of nitrogens with zero attached hydrogens (tertiary/aromatic N) is 3. The van der Waals surface area contributed by atoms with E-state index < -0.39 is 28.4 Å². The van der Waals surface area contributed by atoms with Gasteiger partial charge in [-0.15, -0.1) is 0 Å². The molecular formula is C11H12N6O5S. The molecule has 0 saturated heterocycles. The number of H-pyrrole nitrogens is 2. The number of amides is 1. The van der Waals surface area contributed by atoms with Crippen molar-refractivity contribution in [3.63, 3.8) is 0 Å². The normalized spacial score (nSPS) is 10.5. The van der Waals surface area contributed by atoms with E-state index in [2.05, 4.69) is 10.4 Å². The minimum atomic E-state index is -0.751. The minimum absolute atomic E-state index is 0.0343. The molecule has 0 radical (unpaired) electrons. The van der Waals surface area contributed by atoms with Crippen molar-refractivity contribution in [2.24, 2.45) is 14.1 Å². The minimum Gasteiger partial charge on any atom is -0.311 e. The van der Waals surface area contributed by atoms with Crippen molar-refractivity contribution in [3.05, 3.63) is 47.7 Å². The van der Waals surface area contributed by atoms with E-state index in [1.807, 2.05) is 10.1 Å². The van der Waals surface area contributed by atoms with Gasteiger partial charge in [0.15, 0.2) is 5.03 Å². The van der Waals surface area contributed by atoms with Crippen LogP contribution in [0.25, 0.3) is 0 Å². The van der Waals surface area contributed by atoms with Crippen LogP contribution in [0.1, 0.15) is 0 Å². The highest BCUT2D eigenvalue weighted by molar-refractivity contribution is 7.99. The fraction of sp³-hybridized carbons (Fsp3) is 0.273. The molecule has 0 unspecified atom stereocenters. The van der Waals surface area contributed by atoms with Crippen molar-refractivity contribution in [1.29, 1.82) is 0 Å². The Morgan fingerprint density at radius 2 is 1.96 bits per heavy atom. The number of hydrogen-bond acceptors (Lipinski definition) is 7. The van der Waals surface area contributed by atoms with Crippen LogP contribution in [0.4, 0.5) is 5.82 Å². The Labute approximate surface area is 131 Å². The van der Waals surface area contributed by atoms with E-state index in [-0.39, 0.29) is 16.6 Å². The van der Waals surface area contributed by atoms with Crippen molar-refractivity contribution < 1.29 is 4.79 Å². The van der Waals surface area contributed by atoms with Crippen LogP contribution in [0.3, 0.4) is 0 Å². The molecule has 0 aromatic carbocycles. The summed E-state index contributed by atoms with van der Waals surface area (Å²) in [5, 5.41) is 7.86. The predicted molar refractivity (Wildman–Crippen MR) is 81.8 cm³/mol. The van der Waals surface area contributed by atoms with Gasteiger partial charge in [0.25, 0.3) is 11.1 Å². The number of anilines is 1. The van der Waals surface area contributed by atoms with Gasteiger partial charge < -0.3 is 5.32 Å². The highest BCUT2D eigenvalue weighted by Gasteiger charge is 2.11. The highest BCUT2D eigenvalue weighted by Crippen LogP contribution is 2.09. The monoisotopic (exact) mass is 340 g/mol. The third-order valence-corrected chi connectivity index (χ3v) is 3.77. The SMILES string of the molecule is Cn1c(NC(=O)CSc2n[nH]c(=O)[nH]c2=O)cc(=O)n(C)c1=O. The molecule has 0 spiro atoms. The lowest BCUT2D eigenvalue weighted by Crippen LogP contribution is -2.38. The number of carbonyl (C=O) groups excluding carboxylic acids is 1. The Kier molecular flexibility index (Phi) is 4.64.